The van der Waals surface area contributed by atoms with Crippen LogP contribution in [0.5, 0.6) is 0 Å². The lowest BCUT2D eigenvalue weighted by Gasteiger charge is -2.10. The molecule has 2 rings (SSSR count). The molecule has 2 aromatic heterocycles. The van der Waals surface area contributed by atoms with Gasteiger partial charge in [-0.05, 0) is 13.8 Å². The monoisotopic (exact) mass is 246 g/mol. The summed E-state index contributed by atoms with van der Waals surface area (Å²) in [6.45, 7) is 8.22. The first-order valence-corrected chi connectivity index (χ1v) is 5.99. The van der Waals surface area contributed by atoms with Gasteiger partial charge < -0.3 is 5.73 Å². The Morgan fingerprint density at radius 3 is 2.50 bits per heavy atom. The van der Waals surface area contributed by atoms with E-state index in [9.17, 15) is 0 Å². The molecule has 0 aliphatic carbocycles. The number of hydrogen-bond donors (Lipinski definition) is 1. The number of aryl methyl sites for hydroxylation is 2. The minimum atomic E-state index is 0.280. The summed E-state index contributed by atoms with van der Waals surface area (Å²) in [5.41, 5.74) is 7.36. The lowest BCUT2D eigenvalue weighted by atomic mass is 10.2. The highest BCUT2D eigenvalue weighted by molar-refractivity contribution is 5.34. The third-order valence-corrected chi connectivity index (χ3v) is 2.68. The second kappa shape index (κ2) is 4.81. The lowest BCUT2D eigenvalue weighted by molar-refractivity contribution is 0.730. The van der Waals surface area contributed by atoms with E-state index in [4.69, 9.17) is 5.73 Å². The molecule has 18 heavy (non-hydrogen) atoms. The molecule has 0 amide bonds. The Morgan fingerprint density at radius 1 is 1.28 bits per heavy atom. The molecule has 2 heterocycles. The summed E-state index contributed by atoms with van der Waals surface area (Å²) in [4.78, 5) is 13.1. The zero-order chi connectivity index (χ0) is 13.3. The van der Waals surface area contributed by atoms with Crippen LogP contribution in [0.1, 0.15) is 42.9 Å². The summed E-state index contributed by atoms with van der Waals surface area (Å²) < 4.78 is 1.74. The highest BCUT2D eigenvalue weighted by Gasteiger charge is 2.13. The average Bonchev–Trinajstić information content (AvgIpc) is 2.67. The van der Waals surface area contributed by atoms with Crippen molar-refractivity contribution in [2.75, 3.05) is 0 Å². The van der Waals surface area contributed by atoms with E-state index in [1.807, 2.05) is 13.8 Å². The average molecular weight is 246 g/mol. The van der Waals surface area contributed by atoms with E-state index in [1.165, 1.54) is 0 Å². The molecule has 6 heteroatoms. The topological polar surface area (TPSA) is 82.5 Å². The number of aromatic nitrogens is 5. The summed E-state index contributed by atoms with van der Waals surface area (Å²) in [6, 6.07) is 0. The normalized spacial score (nSPS) is 11.2. The number of rotatable bonds is 3. The van der Waals surface area contributed by atoms with Crippen LogP contribution in [0.2, 0.25) is 0 Å². The SMILES string of the molecule is Cc1nc(C)n(-c2cnc(C(C)C)nc2CN)n1. The maximum absolute atomic E-state index is 5.76. The highest BCUT2D eigenvalue weighted by atomic mass is 15.4. The second-order valence-corrected chi connectivity index (χ2v) is 4.54. The van der Waals surface area contributed by atoms with Crippen molar-refractivity contribution in [1.82, 2.24) is 24.7 Å². The van der Waals surface area contributed by atoms with Gasteiger partial charge >= 0.3 is 0 Å². The van der Waals surface area contributed by atoms with E-state index in [2.05, 4.69) is 33.9 Å². The van der Waals surface area contributed by atoms with Crippen molar-refractivity contribution in [2.24, 2.45) is 5.73 Å². The zero-order valence-electron chi connectivity index (χ0n) is 11.2. The first-order valence-electron chi connectivity index (χ1n) is 5.99. The van der Waals surface area contributed by atoms with Gasteiger partial charge in [0.15, 0.2) is 0 Å². The zero-order valence-corrected chi connectivity index (χ0v) is 11.2. The van der Waals surface area contributed by atoms with Crippen LogP contribution in [0, 0.1) is 13.8 Å². The smallest absolute Gasteiger partial charge is 0.148 e. The van der Waals surface area contributed by atoms with E-state index in [0.29, 0.717) is 6.54 Å². The summed E-state index contributed by atoms with van der Waals surface area (Å²) in [6.07, 6.45) is 1.77. The molecule has 96 valence electrons. The Balaban J connectivity index is 2.54. The van der Waals surface area contributed by atoms with Gasteiger partial charge in [0.2, 0.25) is 0 Å². The minimum absolute atomic E-state index is 0.280. The van der Waals surface area contributed by atoms with E-state index >= 15 is 0 Å². The summed E-state index contributed by atoms with van der Waals surface area (Å²) in [5.74, 6) is 2.61. The second-order valence-electron chi connectivity index (χ2n) is 4.54. The van der Waals surface area contributed by atoms with Gasteiger partial charge in [0.25, 0.3) is 0 Å². The van der Waals surface area contributed by atoms with Crippen LogP contribution in [0.3, 0.4) is 0 Å². The van der Waals surface area contributed by atoms with Crippen molar-refractivity contribution in [2.45, 2.75) is 40.2 Å². The number of nitrogens with two attached hydrogens (primary N) is 1. The first-order chi connectivity index (χ1) is 8.52. The van der Waals surface area contributed by atoms with E-state index < -0.39 is 0 Å². The minimum Gasteiger partial charge on any atom is -0.325 e. The van der Waals surface area contributed by atoms with Crippen molar-refractivity contribution >= 4 is 0 Å². The molecule has 0 unspecified atom stereocenters. The van der Waals surface area contributed by atoms with Crippen LogP contribution < -0.4 is 5.73 Å². The van der Waals surface area contributed by atoms with Gasteiger partial charge in [0, 0.05) is 12.5 Å². The van der Waals surface area contributed by atoms with Crippen molar-refractivity contribution in [3.63, 3.8) is 0 Å². The molecule has 0 aliphatic rings. The molecule has 6 nitrogen and oxygen atoms in total. The molecule has 2 aromatic rings. The fraction of sp³-hybridized carbons (Fsp3) is 0.500. The molecule has 0 aliphatic heterocycles. The molecule has 0 fully saturated rings. The molecule has 2 N–H and O–H groups in total. The van der Waals surface area contributed by atoms with Crippen molar-refractivity contribution in [3.05, 3.63) is 29.4 Å². The van der Waals surface area contributed by atoms with Crippen LogP contribution in [-0.2, 0) is 6.54 Å². The summed E-state index contributed by atoms with van der Waals surface area (Å²) >= 11 is 0. The van der Waals surface area contributed by atoms with Crippen molar-refractivity contribution in [3.8, 4) is 5.69 Å². The number of hydrogen-bond acceptors (Lipinski definition) is 5. The van der Waals surface area contributed by atoms with E-state index in [1.54, 1.807) is 10.9 Å². The summed E-state index contributed by atoms with van der Waals surface area (Å²) in [5, 5.41) is 4.33. The Kier molecular flexibility index (Phi) is 3.38. The van der Waals surface area contributed by atoms with E-state index in [-0.39, 0.29) is 5.92 Å². The fourth-order valence-electron chi connectivity index (χ4n) is 1.78. The largest absolute Gasteiger partial charge is 0.325 e. The van der Waals surface area contributed by atoms with Gasteiger partial charge in [-0.15, -0.1) is 0 Å². The molecule has 0 aromatic carbocycles. The van der Waals surface area contributed by atoms with Crippen LogP contribution in [0.4, 0.5) is 0 Å². The predicted molar refractivity (Wildman–Crippen MR) is 68.4 cm³/mol. The summed E-state index contributed by atoms with van der Waals surface area (Å²) in [7, 11) is 0. The molecule has 0 saturated carbocycles. The maximum Gasteiger partial charge on any atom is 0.148 e. The van der Waals surface area contributed by atoms with Crippen LogP contribution in [0.15, 0.2) is 6.20 Å². The maximum atomic E-state index is 5.76. The quantitative estimate of drug-likeness (QED) is 0.881. The Hall–Kier alpha value is -1.82. The molecule has 0 spiro atoms. The van der Waals surface area contributed by atoms with E-state index in [0.717, 1.165) is 28.9 Å². The fourth-order valence-corrected chi connectivity index (χ4v) is 1.78. The predicted octanol–water partition coefficient (Wildman–Crippen LogP) is 1.26. The van der Waals surface area contributed by atoms with Crippen LogP contribution >= 0.6 is 0 Å². The van der Waals surface area contributed by atoms with Gasteiger partial charge in [-0.25, -0.2) is 19.6 Å². The molecule has 0 radical (unpaired) electrons. The van der Waals surface area contributed by atoms with Crippen LogP contribution in [0.25, 0.3) is 5.69 Å². The molecule has 0 bridgehead atoms. The molecular formula is C12H18N6. The lowest BCUT2D eigenvalue weighted by Crippen LogP contribution is -2.12. The first kappa shape index (κ1) is 12.6. The van der Waals surface area contributed by atoms with Gasteiger partial charge in [0.05, 0.1) is 11.9 Å². The van der Waals surface area contributed by atoms with Crippen molar-refractivity contribution in [1.29, 1.82) is 0 Å². The Morgan fingerprint density at radius 2 is 2.00 bits per heavy atom. The Labute approximate surface area is 106 Å². The molecule has 0 atom stereocenters. The molecule has 0 saturated heterocycles. The van der Waals surface area contributed by atoms with Gasteiger partial charge in [-0.3, -0.25) is 0 Å². The standard InChI is InChI=1S/C12H18N6/c1-7(2)12-14-6-11(10(5-13)16-12)18-9(4)15-8(3)17-18/h6-7H,5,13H2,1-4H3. The third kappa shape index (κ3) is 2.24. The van der Waals surface area contributed by atoms with Gasteiger partial charge in [-0.2, -0.15) is 5.10 Å². The van der Waals surface area contributed by atoms with Gasteiger partial charge in [-0.1, -0.05) is 13.8 Å². The van der Waals surface area contributed by atoms with Crippen LogP contribution in [-0.4, -0.2) is 24.7 Å². The Bertz CT molecular complexity index is 558. The van der Waals surface area contributed by atoms with Crippen molar-refractivity contribution < 1.29 is 0 Å². The number of nitrogens with zero attached hydrogens (tertiary/aromatic N) is 5. The third-order valence-electron chi connectivity index (χ3n) is 2.68. The molecular weight excluding hydrogens is 228 g/mol. The van der Waals surface area contributed by atoms with Gasteiger partial charge in [0.1, 0.15) is 23.2 Å². The highest BCUT2D eigenvalue weighted by Crippen LogP contribution is 2.16.